The second-order valence-electron chi connectivity index (χ2n) is 4.65. The second-order valence-corrected chi connectivity index (χ2v) is 5.06. The molecule has 2 rings (SSSR count). The van der Waals surface area contributed by atoms with E-state index in [0.717, 1.165) is 32.3 Å². The molecule has 1 aliphatic rings. The fourth-order valence-electron chi connectivity index (χ4n) is 2.10. The van der Waals surface area contributed by atoms with Gasteiger partial charge in [-0.25, -0.2) is 4.79 Å². The molecule has 2 N–H and O–H groups in total. The predicted octanol–water partition coefficient (Wildman–Crippen LogP) is 3.04. The maximum atomic E-state index is 11.8. The van der Waals surface area contributed by atoms with Gasteiger partial charge >= 0.3 is 5.97 Å². The lowest BCUT2D eigenvalue weighted by molar-refractivity contribution is 0.0461. The van der Waals surface area contributed by atoms with Crippen LogP contribution in [0.15, 0.2) is 18.2 Å². The van der Waals surface area contributed by atoms with Crippen molar-refractivity contribution in [3.8, 4) is 0 Å². The molecule has 0 aliphatic carbocycles. The summed E-state index contributed by atoms with van der Waals surface area (Å²) in [5.41, 5.74) is 6.45. The lowest BCUT2D eigenvalue weighted by Crippen LogP contribution is -2.10. The van der Waals surface area contributed by atoms with E-state index in [-0.39, 0.29) is 5.97 Å². The summed E-state index contributed by atoms with van der Waals surface area (Å²) in [4.78, 5) is 11.8. The van der Waals surface area contributed by atoms with Crippen molar-refractivity contribution >= 4 is 23.3 Å². The van der Waals surface area contributed by atoms with Crippen LogP contribution < -0.4 is 5.73 Å². The Morgan fingerprint density at radius 2 is 2.37 bits per heavy atom. The van der Waals surface area contributed by atoms with E-state index in [1.807, 2.05) is 0 Å². The minimum Gasteiger partial charge on any atom is -0.462 e. The van der Waals surface area contributed by atoms with Crippen molar-refractivity contribution in [3.63, 3.8) is 0 Å². The van der Waals surface area contributed by atoms with E-state index in [9.17, 15) is 4.79 Å². The Kier molecular flexibility index (Phi) is 5.05. The molecular formula is C14H18ClNO3. The molecule has 1 aromatic carbocycles. The van der Waals surface area contributed by atoms with E-state index >= 15 is 0 Å². The number of ether oxygens (including phenoxy) is 2. The molecular weight excluding hydrogens is 266 g/mol. The van der Waals surface area contributed by atoms with Gasteiger partial charge in [-0.1, -0.05) is 11.6 Å². The van der Waals surface area contributed by atoms with Crippen LogP contribution in [-0.2, 0) is 9.47 Å². The van der Waals surface area contributed by atoms with E-state index in [4.69, 9.17) is 26.8 Å². The third-order valence-corrected chi connectivity index (χ3v) is 3.50. The van der Waals surface area contributed by atoms with Crippen molar-refractivity contribution in [3.05, 3.63) is 28.8 Å². The minimum atomic E-state index is -0.365. The molecule has 0 amide bonds. The maximum Gasteiger partial charge on any atom is 0.338 e. The number of nitrogens with two attached hydrogens (primary N) is 1. The first-order valence-corrected chi connectivity index (χ1v) is 6.88. The van der Waals surface area contributed by atoms with Gasteiger partial charge in [0.25, 0.3) is 0 Å². The van der Waals surface area contributed by atoms with Gasteiger partial charge in [0.05, 0.1) is 29.0 Å². The van der Waals surface area contributed by atoms with Crippen molar-refractivity contribution in [2.75, 3.05) is 18.9 Å². The zero-order chi connectivity index (χ0) is 13.7. The number of rotatable bonds is 5. The fourth-order valence-corrected chi connectivity index (χ4v) is 2.22. The van der Waals surface area contributed by atoms with Crippen LogP contribution in [0.3, 0.4) is 0 Å². The van der Waals surface area contributed by atoms with Gasteiger partial charge in [0.1, 0.15) is 0 Å². The second kappa shape index (κ2) is 6.78. The highest BCUT2D eigenvalue weighted by molar-refractivity contribution is 6.33. The average molecular weight is 284 g/mol. The summed E-state index contributed by atoms with van der Waals surface area (Å²) >= 11 is 5.79. The molecule has 1 aliphatic heterocycles. The number of hydrogen-bond acceptors (Lipinski definition) is 4. The summed E-state index contributed by atoms with van der Waals surface area (Å²) in [6, 6.07) is 4.74. The van der Waals surface area contributed by atoms with Crippen LogP contribution in [-0.4, -0.2) is 25.3 Å². The highest BCUT2D eigenvalue weighted by Crippen LogP contribution is 2.20. The molecule has 0 spiro atoms. The molecule has 1 heterocycles. The number of esters is 1. The lowest BCUT2D eigenvalue weighted by Gasteiger charge is -2.09. The Morgan fingerprint density at radius 1 is 1.53 bits per heavy atom. The van der Waals surface area contributed by atoms with Gasteiger partial charge in [-0.2, -0.15) is 0 Å². The van der Waals surface area contributed by atoms with Crippen LogP contribution >= 0.6 is 11.6 Å². The van der Waals surface area contributed by atoms with Crippen molar-refractivity contribution < 1.29 is 14.3 Å². The Balaban J connectivity index is 1.72. The number of anilines is 1. The molecule has 5 heteroatoms. The molecule has 1 aromatic rings. The van der Waals surface area contributed by atoms with Crippen LogP contribution in [0.4, 0.5) is 5.69 Å². The summed E-state index contributed by atoms with van der Waals surface area (Å²) in [5.74, 6) is -0.365. The number of carbonyl (C=O) groups is 1. The van der Waals surface area contributed by atoms with Gasteiger partial charge in [-0.3, -0.25) is 0 Å². The standard InChI is InChI=1S/C14H18ClNO3/c15-12-6-5-10(9-13(12)16)14(17)19-8-2-4-11-3-1-7-18-11/h5-6,9,11H,1-4,7-8,16H2. The van der Waals surface area contributed by atoms with Gasteiger partial charge in [0.2, 0.25) is 0 Å². The SMILES string of the molecule is Nc1cc(C(=O)OCCCC2CCCO2)ccc1Cl. The molecule has 0 radical (unpaired) electrons. The predicted molar refractivity (Wildman–Crippen MR) is 74.4 cm³/mol. The summed E-state index contributed by atoms with van der Waals surface area (Å²) in [7, 11) is 0. The Morgan fingerprint density at radius 3 is 3.05 bits per heavy atom. The Bertz CT molecular complexity index is 444. The highest BCUT2D eigenvalue weighted by Gasteiger charge is 2.15. The zero-order valence-electron chi connectivity index (χ0n) is 10.7. The van der Waals surface area contributed by atoms with Crippen molar-refractivity contribution in [2.45, 2.75) is 31.8 Å². The molecule has 19 heavy (non-hydrogen) atoms. The van der Waals surface area contributed by atoms with Gasteiger partial charge in [0.15, 0.2) is 0 Å². The smallest absolute Gasteiger partial charge is 0.338 e. The van der Waals surface area contributed by atoms with E-state index in [1.54, 1.807) is 12.1 Å². The maximum absolute atomic E-state index is 11.8. The summed E-state index contributed by atoms with van der Waals surface area (Å²) in [6.45, 7) is 1.26. The van der Waals surface area contributed by atoms with Crippen molar-refractivity contribution in [2.24, 2.45) is 0 Å². The summed E-state index contributed by atoms with van der Waals surface area (Å²) < 4.78 is 10.7. The molecule has 0 bridgehead atoms. The topological polar surface area (TPSA) is 61.6 Å². The third kappa shape index (κ3) is 4.11. The van der Waals surface area contributed by atoms with Crippen LogP contribution in [0, 0.1) is 0 Å². The molecule has 104 valence electrons. The van der Waals surface area contributed by atoms with E-state index in [0.29, 0.717) is 29.0 Å². The van der Waals surface area contributed by atoms with Crippen molar-refractivity contribution in [1.82, 2.24) is 0 Å². The molecule has 1 unspecified atom stereocenters. The molecule has 4 nitrogen and oxygen atoms in total. The third-order valence-electron chi connectivity index (χ3n) is 3.16. The minimum absolute atomic E-state index is 0.338. The molecule has 1 fully saturated rings. The van der Waals surface area contributed by atoms with Crippen LogP contribution in [0.1, 0.15) is 36.0 Å². The molecule has 1 atom stereocenters. The molecule has 0 aromatic heterocycles. The normalized spacial score (nSPS) is 18.5. The fraction of sp³-hybridized carbons (Fsp3) is 0.500. The molecule has 0 saturated carbocycles. The number of carbonyl (C=O) groups excluding carboxylic acids is 1. The largest absolute Gasteiger partial charge is 0.462 e. The number of nitrogen functional groups attached to an aromatic ring is 1. The number of halogens is 1. The van der Waals surface area contributed by atoms with E-state index in [1.165, 1.54) is 6.07 Å². The summed E-state index contributed by atoms with van der Waals surface area (Å²) in [6.07, 6.45) is 4.34. The molecule has 1 saturated heterocycles. The first-order chi connectivity index (χ1) is 9.16. The van der Waals surface area contributed by atoms with Crippen LogP contribution in [0.5, 0.6) is 0 Å². The quantitative estimate of drug-likeness (QED) is 0.512. The monoisotopic (exact) mass is 283 g/mol. The zero-order valence-corrected chi connectivity index (χ0v) is 11.5. The lowest BCUT2D eigenvalue weighted by atomic mass is 10.1. The van der Waals surface area contributed by atoms with Gasteiger partial charge in [-0.15, -0.1) is 0 Å². The first-order valence-electron chi connectivity index (χ1n) is 6.50. The van der Waals surface area contributed by atoms with Gasteiger partial charge < -0.3 is 15.2 Å². The van der Waals surface area contributed by atoms with Gasteiger partial charge in [-0.05, 0) is 43.9 Å². The van der Waals surface area contributed by atoms with E-state index < -0.39 is 0 Å². The van der Waals surface area contributed by atoms with Crippen LogP contribution in [0.2, 0.25) is 5.02 Å². The first kappa shape index (κ1) is 14.2. The van der Waals surface area contributed by atoms with Gasteiger partial charge in [0, 0.05) is 6.61 Å². The number of benzene rings is 1. The number of hydrogen-bond donors (Lipinski definition) is 1. The Labute approximate surface area is 117 Å². The van der Waals surface area contributed by atoms with Crippen molar-refractivity contribution in [1.29, 1.82) is 0 Å². The average Bonchev–Trinajstić information content (AvgIpc) is 2.91. The Hall–Kier alpha value is -1.26. The summed E-state index contributed by atoms with van der Waals surface area (Å²) in [5, 5.41) is 0.440. The van der Waals surface area contributed by atoms with Crippen LogP contribution in [0.25, 0.3) is 0 Å². The highest BCUT2D eigenvalue weighted by atomic mass is 35.5. The van der Waals surface area contributed by atoms with E-state index in [2.05, 4.69) is 0 Å².